The number of hydrogen-bond donors (Lipinski definition) is 0. The lowest BCUT2D eigenvalue weighted by atomic mass is 9.68. The first-order chi connectivity index (χ1) is 26.2. The fourth-order valence-corrected chi connectivity index (χ4v) is 7.66. The lowest BCUT2D eigenvalue weighted by molar-refractivity contribution is 0.258. The van der Waals surface area contributed by atoms with Crippen LogP contribution in [-0.2, 0) is 41.3 Å². The van der Waals surface area contributed by atoms with Crippen molar-refractivity contribution < 1.29 is 28.4 Å². The summed E-state index contributed by atoms with van der Waals surface area (Å²) in [6.45, 7) is 31.4. The first kappa shape index (κ1) is 40.4. The topological polar surface area (TPSA) is 65.3 Å². The van der Waals surface area contributed by atoms with Gasteiger partial charge in [-0.25, -0.2) is 0 Å². The molecule has 3 fully saturated rings. The van der Waals surface area contributed by atoms with Crippen molar-refractivity contribution >= 4 is 0 Å². The maximum absolute atomic E-state index is 6.39. The number of ether oxygens (including phenoxy) is 6. The minimum absolute atomic E-state index is 0.0755. The zero-order chi connectivity index (χ0) is 40.3. The van der Waals surface area contributed by atoms with Gasteiger partial charge < -0.3 is 28.4 Å². The summed E-state index contributed by atoms with van der Waals surface area (Å²) in [6.07, 6.45) is 0.588. The van der Waals surface area contributed by atoms with Gasteiger partial charge in [0.05, 0.1) is 19.8 Å². The van der Waals surface area contributed by atoms with E-state index in [1.54, 1.807) is 0 Å². The Morgan fingerprint density at radius 3 is 1.02 bits per heavy atom. The van der Waals surface area contributed by atoms with E-state index < -0.39 is 5.41 Å². The SMILES string of the molecule is CC(C)(C)c1cc(C(C)(C)c2ccc(C(C)(c3ccc(OCC4CO4)c(C(C)(C)C)c3)c3ccc(OCC4CO4)c(C(C)(C)C)c3)cc2)ccc1OCC1CO1. The van der Waals surface area contributed by atoms with Gasteiger partial charge in [-0.15, -0.1) is 0 Å². The minimum atomic E-state index is -0.497. The molecule has 3 saturated heterocycles. The molecule has 3 atom stereocenters. The molecule has 3 heterocycles. The number of rotatable bonds is 14. The molecule has 0 spiro atoms. The molecule has 0 bridgehead atoms. The fourth-order valence-electron chi connectivity index (χ4n) is 7.66. The summed E-state index contributed by atoms with van der Waals surface area (Å²) < 4.78 is 35.5. The van der Waals surface area contributed by atoms with E-state index in [0.29, 0.717) is 19.8 Å². The average Bonchev–Trinajstić information content (AvgIpc) is 3.99. The van der Waals surface area contributed by atoms with E-state index in [0.717, 1.165) is 37.1 Å². The predicted octanol–water partition coefficient (Wildman–Crippen LogP) is 10.6. The maximum Gasteiger partial charge on any atom is 0.123 e. The van der Waals surface area contributed by atoms with Gasteiger partial charge >= 0.3 is 0 Å². The molecule has 6 heteroatoms. The second-order valence-electron chi connectivity index (χ2n) is 20.0. The monoisotopic (exact) mass is 760 g/mol. The Balaban J connectivity index is 1.31. The van der Waals surface area contributed by atoms with Crippen molar-refractivity contribution in [2.24, 2.45) is 0 Å². The van der Waals surface area contributed by atoms with Crippen LogP contribution in [0.15, 0.2) is 78.9 Å². The average molecular weight is 761 g/mol. The van der Waals surface area contributed by atoms with Crippen molar-refractivity contribution in [2.75, 3.05) is 39.6 Å². The molecule has 0 N–H and O–H groups in total. The van der Waals surface area contributed by atoms with Gasteiger partial charge in [-0.05, 0) is 85.9 Å². The first-order valence-electron chi connectivity index (χ1n) is 20.5. The van der Waals surface area contributed by atoms with Gasteiger partial charge in [0, 0.05) is 10.8 Å². The first-order valence-corrected chi connectivity index (χ1v) is 20.5. The largest absolute Gasteiger partial charge is 0.490 e. The van der Waals surface area contributed by atoms with Crippen molar-refractivity contribution in [2.45, 2.75) is 128 Å². The molecule has 0 aliphatic carbocycles. The summed E-state index contributed by atoms with van der Waals surface area (Å²) in [4.78, 5) is 0. The highest BCUT2D eigenvalue weighted by Crippen LogP contribution is 2.46. The molecule has 6 nitrogen and oxygen atoms in total. The number of hydrogen-bond acceptors (Lipinski definition) is 6. The van der Waals surface area contributed by atoms with Crippen molar-refractivity contribution in [3.05, 3.63) is 123 Å². The van der Waals surface area contributed by atoms with E-state index >= 15 is 0 Å². The van der Waals surface area contributed by atoms with E-state index in [9.17, 15) is 0 Å². The fraction of sp³-hybridized carbons (Fsp3) is 0.520. The predicted molar refractivity (Wildman–Crippen MR) is 225 cm³/mol. The standard InChI is InChI=1S/C50H64O6/c1-46(2,3)40-23-34(17-20-43(40)54-29-37-26-51-37)49(10,11)32-13-15-33(16-14-32)50(12,35-18-21-44(55-30-38-27-52-38)41(24-35)47(4,5)6)36-19-22-45(56-31-39-28-53-39)42(25-36)48(7,8)9/h13-25,37-39H,26-31H2,1-12H3. The summed E-state index contributed by atoms with van der Waals surface area (Å²) in [5.74, 6) is 2.78. The van der Waals surface area contributed by atoms with Crippen molar-refractivity contribution in [3.63, 3.8) is 0 Å². The van der Waals surface area contributed by atoms with Gasteiger partial charge in [0.25, 0.3) is 0 Å². The Kier molecular flexibility index (Phi) is 10.7. The second kappa shape index (κ2) is 14.8. The van der Waals surface area contributed by atoms with Crippen LogP contribution in [0.25, 0.3) is 0 Å². The Hall–Kier alpha value is -3.84. The maximum atomic E-state index is 6.39. The minimum Gasteiger partial charge on any atom is -0.490 e. The molecule has 56 heavy (non-hydrogen) atoms. The molecule has 300 valence electrons. The summed E-state index contributed by atoms with van der Waals surface area (Å²) in [5, 5.41) is 0. The van der Waals surface area contributed by atoms with Crippen molar-refractivity contribution in [3.8, 4) is 17.2 Å². The van der Waals surface area contributed by atoms with Crippen LogP contribution in [0.5, 0.6) is 17.2 Å². The summed E-state index contributed by atoms with van der Waals surface area (Å²) in [6, 6.07) is 29.7. The van der Waals surface area contributed by atoms with Gasteiger partial charge in [-0.3, -0.25) is 0 Å². The third kappa shape index (κ3) is 8.83. The molecule has 0 radical (unpaired) electrons. The van der Waals surface area contributed by atoms with Crippen LogP contribution >= 0.6 is 0 Å². The normalized spacial score (nSPS) is 20.6. The van der Waals surface area contributed by atoms with Crippen LogP contribution in [0.3, 0.4) is 0 Å². The summed E-state index contributed by atoms with van der Waals surface area (Å²) in [5.41, 5.74) is 8.66. The summed E-state index contributed by atoms with van der Waals surface area (Å²) >= 11 is 0. The third-order valence-corrected chi connectivity index (χ3v) is 11.9. The molecule has 0 amide bonds. The molecule has 3 unspecified atom stereocenters. The van der Waals surface area contributed by atoms with E-state index in [2.05, 4.69) is 162 Å². The van der Waals surface area contributed by atoms with Crippen LogP contribution in [-0.4, -0.2) is 58.0 Å². The molecule has 4 aromatic rings. The zero-order valence-electron chi connectivity index (χ0n) is 35.9. The molecule has 0 aromatic heterocycles. The second-order valence-corrected chi connectivity index (χ2v) is 20.0. The van der Waals surface area contributed by atoms with Gasteiger partial charge in [0.2, 0.25) is 0 Å². The Labute approximate surface area is 336 Å². The molecule has 7 rings (SSSR count). The van der Waals surface area contributed by atoms with Gasteiger partial charge in [-0.2, -0.15) is 0 Å². The number of benzene rings is 4. The highest BCUT2D eigenvalue weighted by molar-refractivity contribution is 5.57. The molecule has 4 aromatic carbocycles. The zero-order valence-corrected chi connectivity index (χ0v) is 35.9. The van der Waals surface area contributed by atoms with Gasteiger partial charge in [-0.1, -0.05) is 137 Å². The van der Waals surface area contributed by atoms with E-state index in [1.165, 1.54) is 44.5 Å². The van der Waals surface area contributed by atoms with E-state index in [1.807, 2.05) is 0 Å². The van der Waals surface area contributed by atoms with Crippen LogP contribution in [0.4, 0.5) is 0 Å². The van der Waals surface area contributed by atoms with Crippen LogP contribution in [0.1, 0.15) is 128 Å². The Morgan fingerprint density at radius 2 is 0.696 bits per heavy atom. The molecule has 0 saturated carbocycles. The molecule has 3 aliphatic heterocycles. The van der Waals surface area contributed by atoms with Gasteiger partial charge in [0.1, 0.15) is 55.4 Å². The molecule has 3 aliphatic rings. The Bertz CT molecular complexity index is 1930. The van der Waals surface area contributed by atoms with E-state index in [-0.39, 0.29) is 40.0 Å². The van der Waals surface area contributed by atoms with Crippen molar-refractivity contribution in [1.29, 1.82) is 0 Å². The third-order valence-electron chi connectivity index (χ3n) is 11.9. The van der Waals surface area contributed by atoms with Crippen LogP contribution < -0.4 is 14.2 Å². The van der Waals surface area contributed by atoms with Crippen molar-refractivity contribution in [1.82, 2.24) is 0 Å². The number of epoxide rings is 3. The summed E-state index contributed by atoms with van der Waals surface area (Å²) in [7, 11) is 0. The highest BCUT2D eigenvalue weighted by Gasteiger charge is 2.37. The Morgan fingerprint density at radius 1 is 0.411 bits per heavy atom. The van der Waals surface area contributed by atoms with Gasteiger partial charge in [0.15, 0.2) is 0 Å². The van der Waals surface area contributed by atoms with Crippen LogP contribution in [0.2, 0.25) is 0 Å². The lowest BCUT2D eigenvalue weighted by Crippen LogP contribution is -2.28. The molecular weight excluding hydrogens is 697 g/mol. The van der Waals surface area contributed by atoms with E-state index in [4.69, 9.17) is 28.4 Å². The molecular formula is C50H64O6. The smallest absolute Gasteiger partial charge is 0.123 e. The highest BCUT2D eigenvalue weighted by atomic mass is 16.6. The van der Waals surface area contributed by atoms with Crippen LogP contribution in [0, 0.1) is 0 Å². The quantitative estimate of drug-likeness (QED) is 0.0942. The lowest BCUT2D eigenvalue weighted by Gasteiger charge is -2.36.